The molecule has 3 heterocycles. The van der Waals surface area contributed by atoms with Crippen LogP contribution in [0.1, 0.15) is 19.6 Å². The smallest absolute Gasteiger partial charge is 0.286 e. The van der Waals surface area contributed by atoms with Crippen molar-refractivity contribution in [3.8, 4) is 11.3 Å². The number of nitro benzene ring substituents is 1. The van der Waals surface area contributed by atoms with Crippen LogP contribution in [0, 0.1) is 10.1 Å². The average Bonchev–Trinajstić information content (AvgIpc) is 3.28. The Bertz CT molecular complexity index is 1020. The van der Waals surface area contributed by atoms with Crippen LogP contribution in [0.4, 0.5) is 5.69 Å². The fourth-order valence-electron chi connectivity index (χ4n) is 3.41. The Morgan fingerprint density at radius 2 is 1.93 bits per heavy atom. The summed E-state index contributed by atoms with van der Waals surface area (Å²) in [5, 5.41) is 11.9. The maximum Gasteiger partial charge on any atom is 0.286 e. The first-order valence-electron chi connectivity index (χ1n) is 9.17. The molecule has 2 atom stereocenters. The van der Waals surface area contributed by atoms with Crippen LogP contribution >= 0.6 is 11.8 Å². The highest BCUT2D eigenvalue weighted by Gasteiger charge is 2.31. The van der Waals surface area contributed by atoms with Crippen LogP contribution in [0.25, 0.3) is 17.4 Å². The van der Waals surface area contributed by atoms with Crippen LogP contribution < -0.4 is 0 Å². The molecule has 1 amide bonds. The first-order chi connectivity index (χ1) is 13.9. The molecule has 4 rings (SSSR count). The van der Waals surface area contributed by atoms with Crippen molar-refractivity contribution in [3.05, 3.63) is 57.2 Å². The van der Waals surface area contributed by atoms with E-state index in [4.69, 9.17) is 9.15 Å². The molecule has 0 spiro atoms. The summed E-state index contributed by atoms with van der Waals surface area (Å²) in [5.41, 5.74) is 0.356. The van der Waals surface area contributed by atoms with E-state index in [9.17, 15) is 14.9 Å². The minimum atomic E-state index is -0.448. The maximum atomic E-state index is 12.3. The molecular weight excluding hydrogens is 394 g/mol. The van der Waals surface area contributed by atoms with Crippen molar-refractivity contribution in [1.82, 2.24) is 4.90 Å². The lowest BCUT2D eigenvalue weighted by molar-refractivity contribution is -0.384. The summed E-state index contributed by atoms with van der Waals surface area (Å²) in [6, 6.07) is 9.72. The number of benzene rings is 1. The summed E-state index contributed by atoms with van der Waals surface area (Å²) in [6.07, 6.45) is 1.76. The van der Waals surface area contributed by atoms with E-state index >= 15 is 0 Å². The standard InChI is InChI=1S/C20H19N3O5S/c1-12-10-22(11-13(2)27-12)20-21-19(24)18(29-20)9-14-7-8-17(28-14)15-5-3-4-6-16(15)23(25)26/h3-9,12-13H,10-11H2,1-2H3/b18-9-. The Balaban J connectivity index is 1.53. The van der Waals surface area contributed by atoms with Gasteiger partial charge >= 0.3 is 0 Å². The van der Waals surface area contributed by atoms with E-state index in [0.717, 1.165) is 0 Å². The summed E-state index contributed by atoms with van der Waals surface area (Å²) < 4.78 is 11.5. The second-order valence-electron chi connectivity index (χ2n) is 6.95. The molecule has 9 heteroatoms. The maximum absolute atomic E-state index is 12.3. The molecule has 2 aliphatic heterocycles. The van der Waals surface area contributed by atoms with Crippen molar-refractivity contribution in [3.63, 3.8) is 0 Å². The zero-order chi connectivity index (χ0) is 20.5. The third-order valence-electron chi connectivity index (χ3n) is 4.57. The lowest BCUT2D eigenvalue weighted by atomic mass is 10.1. The number of rotatable bonds is 3. The largest absolute Gasteiger partial charge is 0.456 e. The molecule has 2 unspecified atom stereocenters. The van der Waals surface area contributed by atoms with Gasteiger partial charge in [0.05, 0.1) is 27.6 Å². The second kappa shape index (κ2) is 7.84. The number of morpholine rings is 1. The Morgan fingerprint density at radius 3 is 2.66 bits per heavy atom. The van der Waals surface area contributed by atoms with E-state index in [1.165, 1.54) is 17.8 Å². The zero-order valence-corrected chi connectivity index (χ0v) is 16.7. The normalized spacial score (nSPS) is 23.5. The van der Waals surface area contributed by atoms with E-state index in [2.05, 4.69) is 9.89 Å². The Labute approximate surface area is 171 Å². The highest BCUT2D eigenvalue weighted by molar-refractivity contribution is 8.18. The number of carbonyl (C=O) groups is 1. The van der Waals surface area contributed by atoms with Crippen LogP contribution in [-0.4, -0.2) is 46.2 Å². The molecule has 0 saturated carbocycles. The molecule has 0 N–H and O–H groups in total. The molecule has 2 aromatic rings. The summed E-state index contributed by atoms with van der Waals surface area (Å²) in [5.74, 6) is 0.492. The van der Waals surface area contributed by atoms with Crippen molar-refractivity contribution < 1.29 is 18.9 Å². The molecule has 1 aromatic heterocycles. The van der Waals surface area contributed by atoms with E-state index in [1.54, 1.807) is 36.4 Å². The van der Waals surface area contributed by atoms with Gasteiger partial charge in [-0.2, -0.15) is 4.99 Å². The number of para-hydroxylation sites is 1. The Morgan fingerprint density at radius 1 is 1.21 bits per heavy atom. The van der Waals surface area contributed by atoms with Crippen molar-refractivity contribution in [2.45, 2.75) is 26.1 Å². The molecular formula is C20H19N3O5S. The molecule has 29 heavy (non-hydrogen) atoms. The molecule has 2 aliphatic rings. The lowest BCUT2D eigenvalue weighted by Gasteiger charge is -2.35. The third-order valence-corrected chi connectivity index (χ3v) is 5.61. The topological polar surface area (TPSA) is 98.2 Å². The first kappa shape index (κ1) is 19.4. The van der Waals surface area contributed by atoms with E-state index < -0.39 is 4.92 Å². The third kappa shape index (κ3) is 4.10. The van der Waals surface area contributed by atoms with Gasteiger partial charge in [0.15, 0.2) is 5.17 Å². The molecule has 1 aromatic carbocycles. The number of nitrogens with zero attached hydrogens (tertiary/aromatic N) is 3. The van der Waals surface area contributed by atoms with Gasteiger partial charge in [-0.1, -0.05) is 12.1 Å². The minimum Gasteiger partial charge on any atom is -0.456 e. The summed E-state index contributed by atoms with van der Waals surface area (Å²) in [6.45, 7) is 5.35. The van der Waals surface area contributed by atoms with Crippen molar-refractivity contribution in [2.75, 3.05) is 13.1 Å². The number of hydrogen-bond acceptors (Lipinski definition) is 7. The SMILES string of the molecule is CC1CN(C2=NC(=O)/C(=C/c3ccc(-c4ccccc4[N+](=O)[O-])o3)S2)CC(C)O1. The van der Waals surface area contributed by atoms with Gasteiger partial charge in [-0.15, -0.1) is 0 Å². The van der Waals surface area contributed by atoms with Gasteiger partial charge in [-0.3, -0.25) is 14.9 Å². The fourth-order valence-corrected chi connectivity index (χ4v) is 4.32. The van der Waals surface area contributed by atoms with Crippen LogP contribution in [0.2, 0.25) is 0 Å². The average molecular weight is 413 g/mol. The van der Waals surface area contributed by atoms with Crippen LogP contribution in [0.3, 0.4) is 0 Å². The number of nitro groups is 1. The second-order valence-corrected chi connectivity index (χ2v) is 7.96. The predicted molar refractivity (Wildman–Crippen MR) is 110 cm³/mol. The molecule has 1 fully saturated rings. The van der Waals surface area contributed by atoms with Gasteiger partial charge in [-0.25, -0.2) is 0 Å². The molecule has 0 radical (unpaired) electrons. The number of hydrogen-bond donors (Lipinski definition) is 0. The molecule has 0 aliphatic carbocycles. The monoisotopic (exact) mass is 413 g/mol. The first-order valence-corrected chi connectivity index (χ1v) is 9.99. The fraction of sp³-hybridized carbons (Fsp3) is 0.300. The Kier molecular flexibility index (Phi) is 5.25. The lowest BCUT2D eigenvalue weighted by Crippen LogP contribution is -2.47. The predicted octanol–water partition coefficient (Wildman–Crippen LogP) is 3.93. The number of thioether (sulfide) groups is 1. The minimum absolute atomic E-state index is 0.0338. The van der Waals surface area contributed by atoms with Crippen LogP contribution in [0.5, 0.6) is 0 Å². The molecule has 0 bridgehead atoms. The van der Waals surface area contributed by atoms with Gasteiger partial charge in [0.1, 0.15) is 11.5 Å². The van der Waals surface area contributed by atoms with Crippen molar-refractivity contribution in [2.24, 2.45) is 4.99 Å². The molecule has 1 saturated heterocycles. The number of carbonyl (C=O) groups excluding carboxylic acids is 1. The van der Waals surface area contributed by atoms with Gasteiger partial charge in [0.2, 0.25) is 0 Å². The van der Waals surface area contributed by atoms with Crippen molar-refractivity contribution in [1.29, 1.82) is 0 Å². The zero-order valence-electron chi connectivity index (χ0n) is 15.9. The number of furan rings is 1. The highest BCUT2D eigenvalue weighted by Crippen LogP contribution is 2.34. The number of aliphatic imine (C=N–C) groups is 1. The Hall–Kier alpha value is -2.91. The molecule has 8 nitrogen and oxygen atoms in total. The number of ether oxygens (including phenoxy) is 1. The van der Waals surface area contributed by atoms with E-state index in [1.807, 2.05) is 13.8 Å². The van der Waals surface area contributed by atoms with Gasteiger partial charge in [0.25, 0.3) is 11.6 Å². The number of amidine groups is 1. The summed E-state index contributed by atoms with van der Waals surface area (Å²) >= 11 is 1.30. The number of amides is 1. The van der Waals surface area contributed by atoms with Gasteiger partial charge < -0.3 is 14.1 Å². The summed E-state index contributed by atoms with van der Waals surface area (Å²) in [4.78, 5) is 29.8. The van der Waals surface area contributed by atoms with Gasteiger partial charge in [0, 0.05) is 25.2 Å². The van der Waals surface area contributed by atoms with E-state index in [0.29, 0.717) is 40.2 Å². The van der Waals surface area contributed by atoms with Crippen LogP contribution in [-0.2, 0) is 9.53 Å². The van der Waals surface area contributed by atoms with E-state index in [-0.39, 0.29) is 23.8 Å². The quantitative estimate of drug-likeness (QED) is 0.427. The van der Waals surface area contributed by atoms with Crippen molar-refractivity contribution >= 4 is 34.6 Å². The highest BCUT2D eigenvalue weighted by atomic mass is 32.2. The summed E-state index contributed by atoms with van der Waals surface area (Å²) in [7, 11) is 0. The van der Waals surface area contributed by atoms with Crippen LogP contribution in [0.15, 0.2) is 50.7 Å². The molecule has 150 valence electrons. The van der Waals surface area contributed by atoms with Gasteiger partial charge in [-0.05, 0) is 43.8 Å².